The molecule has 3 heteroatoms. The van der Waals surface area contributed by atoms with Crippen molar-refractivity contribution in [1.82, 2.24) is 0 Å². The molecule has 2 aliphatic rings. The van der Waals surface area contributed by atoms with Gasteiger partial charge in [0.25, 0.3) is 0 Å². The first-order valence-electron chi connectivity index (χ1n) is 6.44. The summed E-state index contributed by atoms with van der Waals surface area (Å²) in [5.74, 6) is 2.06. The van der Waals surface area contributed by atoms with Crippen LogP contribution < -0.4 is 15.2 Å². The Morgan fingerprint density at radius 3 is 3.12 bits per heavy atom. The van der Waals surface area contributed by atoms with Crippen molar-refractivity contribution < 1.29 is 9.47 Å². The molecule has 0 amide bonds. The highest BCUT2D eigenvalue weighted by atomic mass is 16.5. The van der Waals surface area contributed by atoms with E-state index in [1.807, 2.05) is 6.92 Å². The second-order valence-corrected chi connectivity index (χ2v) is 4.97. The van der Waals surface area contributed by atoms with Crippen LogP contribution in [-0.4, -0.2) is 12.7 Å². The van der Waals surface area contributed by atoms with E-state index in [1.54, 1.807) is 0 Å². The van der Waals surface area contributed by atoms with E-state index < -0.39 is 0 Å². The van der Waals surface area contributed by atoms with Crippen molar-refractivity contribution in [2.24, 2.45) is 5.73 Å². The zero-order valence-electron chi connectivity index (χ0n) is 10.5. The van der Waals surface area contributed by atoms with Gasteiger partial charge in [0.2, 0.25) is 0 Å². The summed E-state index contributed by atoms with van der Waals surface area (Å²) in [5.41, 5.74) is 9.93. The molecule has 0 aromatic heterocycles. The van der Waals surface area contributed by atoms with Gasteiger partial charge in [-0.05, 0) is 32.8 Å². The van der Waals surface area contributed by atoms with Crippen LogP contribution in [0.2, 0.25) is 0 Å². The summed E-state index contributed by atoms with van der Waals surface area (Å²) >= 11 is 0. The minimum atomic E-state index is 0.115. The highest BCUT2D eigenvalue weighted by Crippen LogP contribution is 2.46. The lowest BCUT2D eigenvalue weighted by Crippen LogP contribution is -2.09. The lowest BCUT2D eigenvalue weighted by molar-refractivity contribution is 0.251. The van der Waals surface area contributed by atoms with E-state index in [1.165, 1.54) is 16.7 Å². The normalized spacial score (nSPS) is 25.4. The fourth-order valence-electron chi connectivity index (χ4n) is 2.98. The molecule has 2 unspecified atom stereocenters. The third-order valence-corrected chi connectivity index (χ3v) is 3.67. The van der Waals surface area contributed by atoms with Crippen molar-refractivity contribution in [2.75, 3.05) is 6.61 Å². The Kier molecular flexibility index (Phi) is 2.51. The summed E-state index contributed by atoms with van der Waals surface area (Å²) in [5, 5.41) is 0. The van der Waals surface area contributed by atoms with Gasteiger partial charge in [-0.25, -0.2) is 0 Å². The molecule has 1 aromatic carbocycles. The van der Waals surface area contributed by atoms with Gasteiger partial charge >= 0.3 is 0 Å². The van der Waals surface area contributed by atoms with Crippen LogP contribution in [0.3, 0.4) is 0 Å². The Labute approximate surface area is 102 Å². The number of rotatable bonds is 2. The van der Waals surface area contributed by atoms with Gasteiger partial charge in [-0.1, -0.05) is 0 Å². The van der Waals surface area contributed by atoms with Crippen LogP contribution in [0, 0.1) is 0 Å². The zero-order valence-corrected chi connectivity index (χ0v) is 10.5. The van der Waals surface area contributed by atoms with Crippen LogP contribution in [0.25, 0.3) is 0 Å². The number of nitrogens with two attached hydrogens (primary N) is 1. The van der Waals surface area contributed by atoms with Crippen LogP contribution >= 0.6 is 0 Å². The highest BCUT2D eigenvalue weighted by molar-refractivity contribution is 5.58. The van der Waals surface area contributed by atoms with E-state index in [9.17, 15) is 0 Å². The molecule has 1 aromatic rings. The summed E-state index contributed by atoms with van der Waals surface area (Å²) in [6, 6.07) is 2.27. The molecular weight excluding hydrogens is 214 g/mol. The molecule has 2 N–H and O–H groups in total. The topological polar surface area (TPSA) is 44.5 Å². The Balaban J connectivity index is 2.14. The second-order valence-electron chi connectivity index (χ2n) is 4.97. The molecule has 0 saturated heterocycles. The maximum absolute atomic E-state index is 6.19. The molecule has 0 spiro atoms. The fourth-order valence-corrected chi connectivity index (χ4v) is 2.98. The van der Waals surface area contributed by atoms with Crippen molar-refractivity contribution in [1.29, 1.82) is 0 Å². The molecule has 3 nitrogen and oxygen atoms in total. The van der Waals surface area contributed by atoms with Gasteiger partial charge in [-0.15, -0.1) is 0 Å². The van der Waals surface area contributed by atoms with Crippen LogP contribution in [0.4, 0.5) is 0 Å². The maximum Gasteiger partial charge on any atom is 0.128 e. The van der Waals surface area contributed by atoms with Crippen molar-refractivity contribution >= 4 is 0 Å². The Morgan fingerprint density at radius 2 is 2.35 bits per heavy atom. The van der Waals surface area contributed by atoms with E-state index in [2.05, 4.69) is 13.0 Å². The monoisotopic (exact) mass is 233 g/mol. The fraction of sp³-hybridized carbons (Fsp3) is 0.571. The van der Waals surface area contributed by atoms with Gasteiger partial charge in [0.05, 0.1) is 6.61 Å². The van der Waals surface area contributed by atoms with Crippen LogP contribution in [0.5, 0.6) is 11.5 Å². The number of ether oxygens (including phenoxy) is 2. The van der Waals surface area contributed by atoms with E-state index in [4.69, 9.17) is 15.2 Å². The lowest BCUT2D eigenvalue weighted by Gasteiger charge is -2.15. The van der Waals surface area contributed by atoms with E-state index in [0.717, 1.165) is 30.8 Å². The molecule has 0 bridgehead atoms. The first kappa shape index (κ1) is 10.9. The summed E-state index contributed by atoms with van der Waals surface area (Å²) in [6.07, 6.45) is 3.24. The zero-order chi connectivity index (χ0) is 12.0. The molecule has 1 aliphatic heterocycles. The number of fused-ring (bicyclic) bond motifs is 3. The Morgan fingerprint density at radius 1 is 1.53 bits per heavy atom. The van der Waals surface area contributed by atoms with Gasteiger partial charge < -0.3 is 15.2 Å². The molecular formula is C14H19NO2. The molecule has 0 fully saturated rings. The standard InChI is InChI=1S/C14H19NO2/c1-3-16-12-7-9-6-8(2)17-14(9)13-10(12)4-5-11(13)15/h7-8,11H,3-6,15H2,1-2H3. The highest BCUT2D eigenvalue weighted by Gasteiger charge is 2.33. The van der Waals surface area contributed by atoms with Gasteiger partial charge in [0, 0.05) is 29.2 Å². The summed E-state index contributed by atoms with van der Waals surface area (Å²) < 4.78 is 11.7. The Hall–Kier alpha value is -1.22. The largest absolute Gasteiger partial charge is 0.494 e. The summed E-state index contributed by atoms with van der Waals surface area (Å²) in [4.78, 5) is 0. The molecule has 0 saturated carbocycles. The van der Waals surface area contributed by atoms with Gasteiger partial charge in [-0.2, -0.15) is 0 Å². The van der Waals surface area contributed by atoms with Gasteiger partial charge in [-0.3, -0.25) is 0 Å². The third-order valence-electron chi connectivity index (χ3n) is 3.67. The first-order valence-corrected chi connectivity index (χ1v) is 6.44. The van der Waals surface area contributed by atoms with E-state index in [-0.39, 0.29) is 12.1 Å². The Bertz CT molecular complexity index is 456. The molecule has 3 rings (SSSR count). The number of hydrogen-bond acceptors (Lipinski definition) is 3. The summed E-state index contributed by atoms with van der Waals surface area (Å²) in [6.45, 7) is 4.83. The third kappa shape index (κ3) is 1.61. The lowest BCUT2D eigenvalue weighted by atomic mass is 10.0. The molecule has 1 aliphatic carbocycles. The van der Waals surface area contributed by atoms with Gasteiger partial charge in [0.15, 0.2) is 0 Å². The average molecular weight is 233 g/mol. The first-order chi connectivity index (χ1) is 8.20. The maximum atomic E-state index is 6.19. The molecule has 1 heterocycles. The second kappa shape index (κ2) is 3.91. The summed E-state index contributed by atoms with van der Waals surface area (Å²) in [7, 11) is 0. The smallest absolute Gasteiger partial charge is 0.128 e. The van der Waals surface area contributed by atoms with E-state index >= 15 is 0 Å². The van der Waals surface area contributed by atoms with Crippen LogP contribution in [-0.2, 0) is 12.8 Å². The van der Waals surface area contributed by atoms with Crippen molar-refractivity contribution in [3.8, 4) is 11.5 Å². The van der Waals surface area contributed by atoms with Gasteiger partial charge in [0.1, 0.15) is 17.6 Å². The minimum Gasteiger partial charge on any atom is -0.494 e. The number of benzene rings is 1. The van der Waals surface area contributed by atoms with Crippen LogP contribution in [0.1, 0.15) is 43.0 Å². The number of hydrogen-bond donors (Lipinski definition) is 1. The minimum absolute atomic E-state index is 0.115. The predicted octanol–water partition coefficient (Wildman–Crippen LogP) is 2.35. The molecule has 92 valence electrons. The SMILES string of the molecule is CCOc1cc2c(c3c1CCC3N)OC(C)C2. The molecule has 0 radical (unpaired) electrons. The van der Waals surface area contributed by atoms with Crippen molar-refractivity contribution in [3.05, 3.63) is 22.8 Å². The van der Waals surface area contributed by atoms with Crippen molar-refractivity contribution in [2.45, 2.75) is 45.3 Å². The van der Waals surface area contributed by atoms with Crippen LogP contribution in [0.15, 0.2) is 6.07 Å². The van der Waals surface area contributed by atoms with Crippen molar-refractivity contribution in [3.63, 3.8) is 0 Å². The molecule has 2 atom stereocenters. The van der Waals surface area contributed by atoms with E-state index in [0.29, 0.717) is 6.61 Å². The average Bonchev–Trinajstić information content (AvgIpc) is 2.82. The molecule has 17 heavy (non-hydrogen) atoms. The quantitative estimate of drug-likeness (QED) is 0.852. The predicted molar refractivity (Wildman–Crippen MR) is 66.7 cm³/mol.